The van der Waals surface area contributed by atoms with Crippen LogP contribution in [0.5, 0.6) is 11.5 Å². The number of methoxy groups -OCH3 is 2. The minimum Gasteiger partial charge on any atom is -0.493 e. The van der Waals surface area contributed by atoms with Gasteiger partial charge in [-0.25, -0.2) is 0 Å². The smallest absolute Gasteiger partial charge is 0.272 e. The number of amides is 3. The second-order valence-electron chi connectivity index (χ2n) is 10.7. The zero-order valence-corrected chi connectivity index (χ0v) is 27.5. The lowest BCUT2D eigenvalue weighted by Gasteiger charge is -2.18. The molecule has 0 saturated carbocycles. The van der Waals surface area contributed by atoms with E-state index in [1.165, 1.54) is 26.0 Å². The average Bonchev–Trinajstić information content (AvgIpc) is 3.12. The highest BCUT2D eigenvalue weighted by molar-refractivity contribution is 8.00. The highest BCUT2D eigenvalue weighted by Crippen LogP contribution is 2.37. The van der Waals surface area contributed by atoms with Crippen LogP contribution in [-0.4, -0.2) is 31.9 Å². The molecule has 0 fully saturated rings. The minimum absolute atomic E-state index is 0.00544. The lowest BCUT2D eigenvalue weighted by molar-refractivity contribution is -0.116. The molecule has 3 N–H and O–H groups in total. The number of rotatable bonds is 12. The van der Waals surface area contributed by atoms with E-state index < -0.39 is 17.1 Å². The first-order valence-electron chi connectivity index (χ1n) is 15.1. The molecule has 5 rings (SSSR count). The summed E-state index contributed by atoms with van der Waals surface area (Å²) in [5, 5.41) is 8.17. The fourth-order valence-electron chi connectivity index (χ4n) is 4.89. The summed E-state index contributed by atoms with van der Waals surface area (Å²) in [5.41, 5.74) is 4.04. The molecule has 3 amide bonds. The number of carbonyl (C=O) groups is 3. The molecule has 9 heteroatoms. The van der Waals surface area contributed by atoms with Gasteiger partial charge in [0.05, 0.1) is 14.2 Å². The van der Waals surface area contributed by atoms with Gasteiger partial charge in [0, 0.05) is 27.4 Å². The van der Waals surface area contributed by atoms with Crippen LogP contribution >= 0.6 is 11.8 Å². The molecule has 1 atom stereocenters. The predicted octanol–water partition coefficient (Wildman–Crippen LogP) is 7.89. The maximum atomic E-state index is 13.7. The van der Waals surface area contributed by atoms with E-state index in [2.05, 4.69) is 16.0 Å². The van der Waals surface area contributed by atoms with Gasteiger partial charge in [-0.3, -0.25) is 14.4 Å². The standard InChI is InChI=1S/C39H35N3O5S/c1-26-13-10-11-19-32(26)41-39(45)36(27-14-6-4-7-15-27)48-31-23-21-30(22-24-31)40-38(44)33(42-37(43)28-16-8-5-9-17-28)25-29-18-12-20-34(46-2)35(29)47-3/h4-25,36H,1-3H3,(H,40,44)(H,41,45)(H,42,43)/b33-25-. The number of ether oxygens (including phenoxy) is 2. The van der Waals surface area contributed by atoms with Gasteiger partial charge in [-0.05, 0) is 72.7 Å². The van der Waals surface area contributed by atoms with E-state index in [1.54, 1.807) is 60.7 Å². The van der Waals surface area contributed by atoms with E-state index >= 15 is 0 Å². The maximum Gasteiger partial charge on any atom is 0.272 e. The number of benzene rings is 5. The SMILES string of the molecule is COc1cccc(/C=C(\NC(=O)c2ccccc2)C(=O)Nc2ccc(SC(C(=O)Nc3ccccc3C)c3ccccc3)cc2)c1OC. The Morgan fingerprint density at radius 3 is 2.04 bits per heavy atom. The molecule has 0 aliphatic rings. The first kappa shape index (κ1) is 33.6. The van der Waals surface area contributed by atoms with Crippen LogP contribution in [0.15, 0.2) is 138 Å². The van der Waals surface area contributed by atoms with Gasteiger partial charge in [0.2, 0.25) is 5.91 Å². The van der Waals surface area contributed by atoms with Crippen molar-refractivity contribution >= 4 is 46.9 Å². The van der Waals surface area contributed by atoms with Crippen LogP contribution in [0.2, 0.25) is 0 Å². The molecule has 5 aromatic carbocycles. The van der Waals surface area contributed by atoms with Gasteiger partial charge < -0.3 is 25.4 Å². The second-order valence-corrected chi connectivity index (χ2v) is 11.8. The van der Waals surface area contributed by atoms with Gasteiger partial charge in [-0.2, -0.15) is 0 Å². The number of nitrogens with one attached hydrogen (secondary N) is 3. The van der Waals surface area contributed by atoms with E-state index in [1.807, 2.05) is 79.7 Å². The van der Waals surface area contributed by atoms with Crippen molar-refractivity contribution in [2.75, 3.05) is 24.9 Å². The highest BCUT2D eigenvalue weighted by Gasteiger charge is 2.23. The molecule has 1 unspecified atom stereocenters. The fourth-order valence-corrected chi connectivity index (χ4v) is 5.91. The first-order chi connectivity index (χ1) is 23.4. The number of carbonyl (C=O) groups excluding carboxylic acids is 3. The zero-order valence-electron chi connectivity index (χ0n) is 26.7. The highest BCUT2D eigenvalue weighted by atomic mass is 32.2. The Kier molecular flexibility index (Phi) is 11.3. The molecule has 8 nitrogen and oxygen atoms in total. The summed E-state index contributed by atoms with van der Waals surface area (Å²) in [7, 11) is 3.03. The van der Waals surface area contributed by atoms with Crippen molar-refractivity contribution < 1.29 is 23.9 Å². The minimum atomic E-state index is -0.538. The summed E-state index contributed by atoms with van der Waals surface area (Å²) in [5.74, 6) is -0.226. The Labute approximate surface area is 284 Å². The molecular formula is C39H35N3O5S. The summed E-state index contributed by atoms with van der Waals surface area (Å²) < 4.78 is 11.0. The predicted molar refractivity (Wildman–Crippen MR) is 191 cm³/mol. The molecule has 0 bridgehead atoms. The van der Waals surface area contributed by atoms with Crippen LogP contribution in [0.25, 0.3) is 6.08 Å². The summed E-state index contributed by atoms with van der Waals surface area (Å²) in [6, 6.07) is 38.3. The first-order valence-corrected chi connectivity index (χ1v) is 16.0. The third-order valence-electron chi connectivity index (χ3n) is 7.37. The summed E-state index contributed by atoms with van der Waals surface area (Å²) in [6.45, 7) is 1.95. The Bertz CT molecular complexity index is 1910. The Hall–Kier alpha value is -5.80. The van der Waals surface area contributed by atoms with Gasteiger partial charge >= 0.3 is 0 Å². The second kappa shape index (κ2) is 16.2. The quantitative estimate of drug-likeness (QED) is 0.0931. The van der Waals surface area contributed by atoms with Gasteiger partial charge in [0.1, 0.15) is 10.9 Å². The van der Waals surface area contributed by atoms with E-state index in [4.69, 9.17) is 9.47 Å². The van der Waals surface area contributed by atoms with Crippen molar-refractivity contribution in [2.45, 2.75) is 17.1 Å². The average molecular weight is 658 g/mol. The molecule has 242 valence electrons. The largest absolute Gasteiger partial charge is 0.493 e. The zero-order chi connectivity index (χ0) is 33.9. The van der Waals surface area contributed by atoms with Gasteiger partial charge in [-0.15, -0.1) is 11.8 Å². The number of aryl methyl sites for hydroxylation is 1. The lowest BCUT2D eigenvalue weighted by atomic mass is 10.1. The molecular weight excluding hydrogens is 623 g/mol. The third-order valence-corrected chi connectivity index (χ3v) is 8.64. The van der Waals surface area contributed by atoms with Crippen LogP contribution < -0.4 is 25.4 Å². The number of hydrogen-bond donors (Lipinski definition) is 3. The fraction of sp³-hybridized carbons (Fsp3) is 0.103. The van der Waals surface area contributed by atoms with Gasteiger partial charge in [0.25, 0.3) is 11.8 Å². The Morgan fingerprint density at radius 1 is 0.708 bits per heavy atom. The van der Waals surface area contributed by atoms with Crippen LogP contribution in [0.1, 0.15) is 32.3 Å². The number of anilines is 2. The Balaban J connectivity index is 1.37. The van der Waals surface area contributed by atoms with E-state index in [0.717, 1.165) is 21.7 Å². The molecule has 0 aliphatic heterocycles. The van der Waals surface area contributed by atoms with Crippen LogP contribution in [0, 0.1) is 6.92 Å². The number of thioether (sulfide) groups is 1. The summed E-state index contributed by atoms with van der Waals surface area (Å²) in [6.07, 6.45) is 1.54. The van der Waals surface area contributed by atoms with Crippen molar-refractivity contribution in [1.82, 2.24) is 5.32 Å². The molecule has 0 radical (unpaired) electrons. The number of hydrogen-bond acceptors (Lipinski definition) is 6. The normalized spacial score (nSPS) is 11.6. The van der Waals surface area contributed by atoms with Crippen molar-refractivity contribution in [1.29, 1.82) is 0 Å². The molecule has 5 aromatic rings. The topological polar surface area (TPSA) is 106 Å². The summed E-state index contributed by atoms with van der Waals surface area (Å²) in [4.78, 5) is 41.1. The van der Waals surface area contributed by atoms with Crippen LogP contribution in [0.4, 0.5) is 11.4 Å². The molecule has 0 aliphatic carbocycles. The van der Waals surface area contributed by atoms with Gasteiger partial charge in [-0.1, -0.05) is 78.9 Å². The van der Waals surface area contributed by atoms with E-state index in [9.17, 15) is 14.4 Å². The van der Waals surface area contributed by atoms with Crippen molar-refractivity contribution in [3.63, 3.8) is 0 Å². The number of para-hydroxylation sites is 2. The summed E-state index contributed by atoms with van der Waals surface area (Å²) >= 11 is 1.41. The molecule has 48 heavy (non-hydrogen) atoms. The lowest BCUT2D eigenvalue weighted by Crippen LogP contribution is -2.30. The molecule has 0 aromatic heterocycles. The third kappa shape index (κ3) is 8.51. The van der Waals surface area contributed by atoms with Gasteiger partial charge in [0.15, 0.2) is 11.5 Å². The Morgan fingerprint density at radius 2 is 1.38 bits per heavy atom. The van der Waals surface area contributed by atoms with Crippen LogP contribution in [0.3, 0.4) is 0 Å². The molecule has 0 spiro atoms. The maximum absolute atomic E-state index is 13.7. The van der Waals surface area contributed by atoms with E-state index in [-0.39, 0.29) is 11.6 Å². The van der Waals surface area contributed by atoms with E-state index in [0.29, 0.717) is 28.3 Å². The van der Waals surface area contributed by atoms with Crippen molar-refractivity contribution in [3.8, 4) is 11.5 Å². The molecule has 0 heterocycles. The van der Waals surface area contributed by atoms with Crippen molar-refractivity contribution in [3.05, 3.63) is 155 Å². The molecule has 0 saturated heterocycles. The monoisotopic (exact) mass is 657 g/mol. The van der Waals surface area contributed by atoms with Crippen LogP contribution in [-0.2, 0) is 9.59 Å². The van der Waals surface area contributed by atoms with Crippen molar-refractivity contribution in [2.24, 2.45) is 0 Å².